The van der Waals surface area contributed by atoms with Gasteiger partial charge in [-0.3, -0.25) is 0 Å². The zero-order valence-electron chi connectivity index (χ0n) is 13.3. The first kappa shape index (κ1) is 14.3. The second-order valence-electron chi connectivity index (χ2n) is 7.06. The van der Waals surface area contributed by atoms with Crippen molar-refractivity contribution in [1.29, 1.82) is 0 Å². The summed E-state index contributed by atoms with van der Waals surface area (Å²) in [5.41, 5.74) is 3.01. The second-order valence-corrected chi connectivity index (χ2v) is 7.06. The van der Waals surface area contributed by atoms with Crippen LogP contribution in [-0.2, 0) is 12.8 Å². The summed E-state index contributed by atoms with van der Waals surface area (Å²) >= 11 is 0. The van der Waals surface area contributed by atoms with Crippen molar-refractivity contribution >= 4 is 22.6 Å². The van der Waals surface area contributed by atoms with Crippen LogP contribution in [0.4, 0.5) is 5.69 Å². The monoisotopic (exact) mass is 313 g/mol. The number of nitrogens with zero attached hydrogens (tertiary/aromatic N) is 1. The van der Waals surface area contributed by atoms with Crippen molar-refractivity contribution in [2.75, 3.05) is 18.0 Å². The minimum atomic E-state index is -1.24. The molecule has 2 atom stereocenters. The first-order valence-corrected chi connectivity index (χ1v) is 8.05. The minimum absolute atomic E-state index is 0.297. The molecule has 0 amide bonds. The van der Waals surface area contributed by atoms with E-state index in [0.29, 0.717) is 17.4 Å². The Morgan fingerprint density at radius 2 is 1.91 bits per heavy atom. The van der Waals surface area contributed by atoms with E-state index < -0.39 is 11.6 Å². The molecular formula is C18H19NO4. The fourth-order valence-electron chi connectivity index (χ4n) is 4.14. The molecule has 0 fully saturated rings. The van der Waals surface area contributed by atoms with Crippen LogP contribution in [-0.4, -0.2) is 24.2 Å². The Hall–Kier alpha value is -2.30. The second kappa shape index (κ2) is 4.85. The third-order valence-corrected chi connectivity index (χ3v) is 4.90. The lowest BCUT2D eigenvalue weighted by atomic mass is 9.83. The van der Waals surface area contributed by atoms with Crippen LogP contribution in [0.1, 0.15) is 35.3 Å². The van der Waals surface area contributed by atoms with Crippen LogP contribution in [0.3, 0.4) is 0 Å². The van der Waals surface area contributed by atoms with Crippen LogP contribution in [0.25, 0.3) is 11.0 Å². The Labute approximate surface area is 133 Å². The average molecular weight is 313 g/mol. The van der Waals surface area contributed by atoms with Crippen molar-refractivity contribution in [3.8, 4) is 0 Å². The number of carboxylic acid groups (broad SMARTS) is 1. The minimum Gasteiger partial charge on any atom is -0.477 e. The summed E-state index contributed by atoms with van der Waals surface area (Å²) in [7, 11) is 0. The molecule has 2 aromatic rings. The molecule has 1 aromatic carbocycles. The summed E-state index contributed by atoms with van der Waals surface area (Å²) in [5.74, 6) is -0.196. The maximum atomic E-state index is 12.0. The van der Waals surface area contributed by atoms with E-state index in [1.54, 1.807) is 0 Å². The van der Waals surface area contributed by atoms with E-state index in [1.165, 1.54) is 17.3 Å². The van der Waals surface area contributed by atoms with Crippen molar-refractivity contribution in [2.45, 2.75) is 26.7 Å². The number of aromatic carboxylic acids is 1. The Kier molecular flexibility index (Phi) is 3.01. The van der Waals surface area contributed by atoms with Crippen LogP contribution in [0.2, 0.25) is 0 Å². The van der Waals surface area contributed by atoms with Gasteiger partial charge in [0.15, 0.2) is 0 Å². The van der Waals surface area contributed by atoms with Crippen molar-refractivity contribution in [2.24, 2.45) is 11.8 Å². The van der Waals surface area contributed by atoms with Crippen molar-refractivity contribution in [3.05, 3.63) is 39.2 Å². The number of rotatable bonds is 1. The molecule has 3 heterocycles. The molecule has 0 spiro atoms. The summed E-state index contributed by atoms with van der Waals surface area (Å²) in [6.45, 7) is 6.48. The highest BCUT2D eigenvalue weighted by Crippen LogP contribution is 2.42. The lowest BCUT2D eigenvalue weighted by Gasteiger charge is -2.41. The van der Waals surface area contributed by atoms with E-state index in [-0.39, 0.29) is 5.56 Å². The van der Waals surface area contributed by atoms with Crippen LogP contribution in [0.15, 0.2) is 21.3 Å². The molecule has 0 bridgehead atoms. The van der Waals surface area contributed by atoms with E-state index in [4.69, 9.17) is 9.52 Å². The van der Waals surface area contributed by atoms with Gasteiger partial charge in [0, 0.05) is 29.7 Å². The van der Waals surface area contributed by atoms with Crippen LogP contribution in [0, 0.1) is 11.8 Å². The van der Waals surface area contributed by atoms with E-state index in [2.05, 4.69) is 18.7 Å². The molecule has 0 aliphatic carbocycles. The van der Waals surface area contributed by atoms with Gasteiger partial charge in [-0.25, -0.2) is 9.59 Å². The Morgan fingerprint density at radius 1 is 1.22 bits per heavy atom. The quantitative estimate of drug-likeness (QED) is 0.820. The standard InChI is InChI=1S/C18H19NO4/c1-9-3-11-5-12-6-14(17(20)21)18(22)23-16(12)13-4-10(2)8-19(7-9)15(11)13/h5-6,9-10H,3-4,7-8H2,1-2H3,(H,20,21). The molecule has 4 rings (SSSR count). The molecule has 2 aliphatic heterocycles. The maximum Gasteiger partial charge on any atom is 0.351 e. The Balaban J connectivity index is 2.05. The van der Waals surface area contributed by atoms with Crippen LogP contribution < -0.4 is 10.5 Å². The van der Waals surface area contributed by atoms with Gasteiger partial charge in [-0.1, -0.05) is 13.8 Å². The molecule has 5 nitrogen and oxygen atoms in total. The van der Waals surface area contributed by atoms with E-state index >= 15 is 0 Å². The fraction of sp³-hybridized carbons (Fsp3) is 0.444. The maximum absolute atomic E-state index is 12.0. The predicted octanol–water partition coefficient (Wildman–Crippen LogP) is 2.68. The lowest BCUT2D eigenvalue weighted by Crippen LogP contribution is -2.41. The van der Waals surface area contributed by atoms with Crippen LogP contribution in [0.5, 0.6) is 0 Å². The van der Waals surface area contributed by atoms with Gasteiger partial charge in [0.25, 0.3) is 0 Å². The molecule has 120 valence electrons. The zero-order chi connectivity index (χ0) is 16.3. The molecule has 5 heteroatoms. The van der Waals surface area contributed by atoms with E-state index in [0.717, 1.165) is 36.9 Å². The zero-order valence-corrected chi connectivity index (χ0v) is 13.3. The number of hydrogen-bond donors (Lipinski definition) is 1. The molecule has 2 aliphatic rings. The van der Waals surface area contributed by atoms with Crippen molar-refractivity contribution < 1.29 is 14.3 Å². The van der Waals surface area contributed by atoms with E-state index in [1.807, 2.05) is 6.07 Å². The van der Waals surface area contributed by atoms with Crippen LogP contribution >= 0.6 is 0 Å². The molecule has 1 N–H and O–H groups in total. The number of hydrogen-bond acceptors (Lipinski definition) is 4. The first-order valence-electron chi connectivity index (χ1n) is 8.05. The van der Waals surface area contributed by atoms with Gasteiger partial charge in [-0.15, -0.1) is 0 Å². The van der Waals surface area contributed by atoms with Gasteiger partial charge in [0.1, 0.15) is 11.1 Å². The summed E-state index contributed by atoms with van der Waals surface area (Å²) < 4.78 is 5.44. The molecule has 2 unspecified atom stereocenters. The van der Waals surface area contributed by atoms with Gasteiger partial charge in [-0.2, -0.15) is 0 Å². The summed E-state index contributed by atoms with van der Waals surface area (Å²) in [6, 6.07) is 3.46. The first-order chi connectivity index (χ1) is 10.9. The number of carbonyl (C=O) groups is 1. The van der Waals surface area contributed by atoms with Gasteiger partial charge < -0.3 is 14.4 Å². The average Bonchev–Trinajstić information content (AvgIpc) is 2.46. The lowest BCUT2D eigenvalue weighted by molar-refractivity contribution is 0.0692. The third-order valence-electron chi connectivity index (χ3n) is 4.90. The smallest absolute Gasteiger partial charge is 0.351 e. The van der Waals surface area contributed by atoms with Gasteiger partial charge in [0.05, 0.1) is 0 Å². The molecule has 0 radical (unpaired) electrons. The number of anilines is 1. The molecular weight excluding hydrogens is 294 g/mol. The predicted molar refractivity (Wildman–Crippen MR) is 87.4 cm³/mol. The van der Waals surface area contributed by atoms with Crippen molar-refractivity contribution in [3.63, 3.8) is 0 Å². The Bertz CT molecular complexity index is 881. The van der Waals surface area contributed by atoms with Gasteiger partial charge >= 0.3 is 11.6 Å². The van der Waals surface area contributed by atoms with Crippen molar-refractivity contribution in [1.82, 2.24) is 0 Å². The number of carboxylic acids is 1. The number of benzene rings is 1. The van der Waals surface area contributed by atoms with Gasteiger partial charge in [0.2, 0.25) is 0 Å². The highest BCUT2D eigenvalue weighted by molar-refractivity contribution is 5.94. The third kappa shape index (κ3) is 2.14. The molecule has 1 aromatic heterocycles. The summed E-state index contributed by atoms with van der Waals surface area (Å²) in [4.78, 5) is 25.6. The normalized spacial score (nSPS) is 23.0. The highest BCUT2D eigenvalue weighted by Gasteiger charge is 2.32. The van der Waals surface area contributed by atoms with E-state index in [9.17, 15) is 9.59 Å². The largest absolute Gasteiger partial charge is 0.477 e. The summed E-state index contributed by atoms with van der Waals surface area (Å²) in [6.07, 6.45) is 1.84. The number of fused-ring (bicyclic) bond motifs is 2. The molecule has 0 saturated heterocycles. The fourth-order valence-corrected chi connectivity index (χ4v) is 4.14. The molecule has 23 heavy (non-hydrogen) atoms. The Morgan fingerprint density at radius 3 is 2.61 bits per heavy atom. The summed E-state index contributed by atoms with van der Waals surface area (Å²) in [5, 5.41) is 9.88. The SMILES string of the molecule is CC1Cc2cc3cc(C(=O)O)c(=O)oc3c3c2N(C1)CC(C)C3. The topological polar surface area (TPSA) is 70.7 Å². The van der Waals surface area contributed by atoms with Gasteiger partial charge in [-0.05, 0) is 42.4 Å². The highest BCUT2D eigenvalue weighted by atomic mass is 16.4. The molecule has 0 saturated carbocycles.